The lowest BCUT2D eigenvalue weighted by atomic mass is 9.66. The summed E-state index contributed by atoms with van der Waals surface area (Å²) in [5, 5.41) is 7.45. The number of para-hydroxylation sites is 5. The molecule has 0 aliphatic heterocycles. The van der Waals surface area contributed by atoms with Crippen molar-refractivity contribution in [3.8, 4) is 22.3 Å². The highest BCUT2D eigenvalue weighted by atomic mass is 16.3. The second-order valence-electron chi connectivity index (χ2n) is 17.3. The molecule has 11 aromatic rings. The van der Waals surface area contributed by atoms with Crippen molar-refractivity contribution >= 4 is 77.6 Å². The van der Waals surface area contributed by atoms with E-state index in [0.717, 1.165) is 56.1 Å². The van der Waals surface area contributed by atoms with E-state index in [4.69, 9.17) is 4.42 Å². The summed E-state index contributed by atoms with van der Waals surface area (Å²) in [4.78, 5) is 4.66. The third kappa shape index (κ3) is 5.81. The molecule has 0 saturated carbocycles. The van der Waals surface area contributed by atoms with Crippen LogP contribution in [0.3, 0.4) is 0 Å². The fraction of sp³-hybridized carbons (Fsp3) is 0.0667. The van der Waals surface area contributed by atoms with Crippen molar-refractivity contribution in [1.82, 2.24) is 0 Å². The molecule has 1 aliphatic rings. The summed E-state index contributed by atoms with van der Waals surface area (Å²) >= 11 is 0. The standard InChI is InChI=1S/C60H44N2O/c1-39-47-36-34-46(61(42-17-7-4-8-18-42)43-19-9-5-10-20-43)38-52(47)49-24-15-26-53-58(49)57(39)51-35-31-41(37-54(51)60(53,2)3)40-29-32-45(33-30-40)62(44-21-11-6-12-22-44)55-27-16-25-50-48-23-13-14-28-56(48)63-59(50)55/h4-38H,1-3H3. The van der Waals surface area contributed by atoms with Crippen molar-refractivity contribution in [3.63, 3.8) is 0 Å². The Bertz CT molecular complexity index is 3490. The van der Waals surface area contributed by atoms with Crippen LogP contribution in [0.15, 0.2) is 217 Å². The Morgan fingerprint density at radius 3 is 1.68 bits per heavy atom. The molecule has 300 valence electrons. The fourth-order valence-electron chi connectivity index (χ4n) is 10.4. The van der Waals surface area contributed by atoms with Gasteiger partial charge in [0.05, 0.1) is 5.69 Å². The molecule has 0 fully saturated rings. The van der Waals surface area contributed by atoms with E-state index >= 15 is 0 Å². The molecule has 0 unspecified atom stereocenters. The fourth-order valence-corrected chi connectivity index (χ4v) is 10.4. The zero-order valence-electron chi connectivity index (χ0n) is 35.5. The van der Waals surface area contributed by atoms with Crippen molar-refractivity contribution in [2.75, 3.05) is 9.80 Å². The molecule has 10 aromatic carbocycles. The molecule has 1 heterocycles. The monoisotopic (exact) mass is 808 g/mol. The first-order valence-electron chi connectivity index (χ1n) is 21.8. The average Bonchev–Trinajstić information content (AvgIpc) is 3.72. The molecule has 1 aromatic heterocycles. The van der Waals surface area contributed by atoms with Crippen LogP contribution in [0.25, 0.3) is 65.7 Å². The van der Waals surface area contributed by atoms with Gasteiger partial charge < -0.3 is 14.2 Å². The van der Waals surface area contributed by atoms with Crippen molar-refractivity contribution in [3.05, 3.63) is 229 Å². The van der Waals surface area contributed by atoms with Gasteiger partial charge in [-0.05, 0) is 146 Å². The van der Waals surface area contributed by atoms with Crippen LogP contribution in [0, 0.1) is 6.92 Å². The molecule has 0 N–H and O–H groups in total. The van der Waals surface area contributed by atoms with Crippen molar-refractivity contribution in [2.45, 2.75) is 26.2 Å². The third-order valence-corrected chi connectivity index (χ3v) is 13.4. The molecule has 0 saturated heterocycles. The molecule has 1 aliphatic carbocycles. The van der Waals surface area contributed by atoms with Crippen LogP contribution in [0.5, 0.6) is 0 Å². The van der Waals surface area contributed by atoms with Crippen molar-refractivity contribution < 1.29 is 4.42 Å². The molecule has 0 spiro atoms. The number of anilines is 6. The number of rotatable bonds is 7. The zero-order valence-corrected chi connectivity index (χ0v) is 35.5. The van der Waals surface area contributed by atoms with Gasteiger partial charge >= 0.3 is 0 Å². The van der Waals surface area contributed by atoms with Crippen molar-refractivity contribution in [2.24, 2.45) is 0 Å². The normalized spacial score (nSPS) is 12.8. The van der Waals surface area contributed by atoms with E-state index < -0.39 is 0 Å². The number of benzene rings is 10. The summed E-state index contributed by atoms with van der Waals surface area (Å²) in [6.45, 7) is 7.11. The predicted molar refractivity (Wildman–Crippen MR) is 266 cm³/mol. The molecule has 0 bridgehead atoms. The smallest absolute Gasteiger partial charge is 0.159 e. The summed E-state index contributed by atoms with van der Waals surface area (Å²) in [6.07, 6.45) is 0. The maximum atomic E-state index is 6.55. The van der Waals surface area contributed by atoms with Crippen LogP contribution in [0.1, 0.15) is 30.5 Å². The van der Waals surface area contributed by atoms with Crippen LogP contribution in [0.2, 0.25) is 0 Å². The highest BCUT2D eigenvalue weighted by Crippen LogP contribution is 2.53. The number of hydrogen-bond donors (Lipinski definition) is 0. The number of aryl methyl sites for hydroxylation is 1. The lowest BCUT2D eigenvalue weighted by Gasteiger charge is -2.37. The second kappa shape index (κ2) is 14.4. The number of fused-ring (bicyclic) bond motifs is 7. The Labute approximate surface area is 367 Å². The lowest BCUT2D eigenvalue weighted by Crippen LogP contribution is -2.24. The first-order valence-corrected chi connectivity index (χ1v) is 21.8. The largest absolute Gasteiger partial charge is 0.454 e. The predicted octanol–water partition coefficient (Wildman–Crippen LogP) is 17.1. The minimum absolute atomic E-state index is 0.231. The van der Waals surface area contributed by atoms with E-state index in [-0.39, 0.29) is 5.41 Å². The highest BCUT2D eigenvalue weighted by Gasteiger charge is 2.35. The number of furan rings is 1. The summed E-state index contributed by atoms with van der Waals surface area (Å²) in [7, 11) is 0. The number of hydrogen-bond acceptors (Lipinski definition) is 3. The average molecular weight is 809 g/mol. The first-order chi connectivity index (χ1) is 30.9. The first kappa shape index (κ1) is 36.9. The van der Waals surface area contributed by atoms with E-state index in [1.165, 1.54) is 60.5 Å². The molecule has 0 atom stereocenters. The summed E-state index contributed by atoms with van der Waals surface area (Å²) < 4.78 is 6.55. The summed E-state index contributed by atoms with van der Waals surface area (Å²) in [5.74, 6) is 0. The maximum absolute atomic E-state index is 6.55. The number of nitrogens with zero attached hydrogens (tertiary/aromatic N) is 2. The molecular formula is C60H44N2O. The van der Waals surface area contributed by atoms with Gasteiger partial charge in [0.15, 0.2) is 5.58 Å². The van der Waals surface area contributed by atoms with Gasteiger partial charge in [-0.3, -0.25) is 0 Å². The van der Waals surface area contributed by atoms with Gasteiger partial charge in [0.25, 0.3) is 0 Å². The Kier molecular flexibility index (Phi) is 8.42. The van der Waals surface area contributed by atoms with Gasteiger partial charge in [-0.15, -0.1) is 0 Å². The van der Waals surface area contributed by atoms with E-state index in [9.17, 15) is 0 Å². The van der Waals surface area contributed by atoms with Gasteiger partial charge in [-0.1, -0.05) is 147 Å². The van der Waals surface area contributed by atoms with E-state index in [1.807, 2.05) is 12.1 Å². The molecule has 0 radical (unpaired) electrons. The summed E-state index contributed by atoms with van der Waals surface area (Å²) in [5.41, 5.74) is 17.2. The quantitative estimate of drug-likeness (QED) is 0.150. The Hall–Kier alpha value is -7.88. The Balaban J connectivity index is 0.966. The van der Waals surface area contributed by atoms with Crippen LogP contribution in [-0.2, 0) is 5.41 Å². The molecule has 0 amide bonds. The molecular weight excluding hydrogens is 765 g/mol. The SMILES string of the molecule is Cc1c2c3c(cccc3c3cc(N(c4ccccc4)c4ccccc4)ccc13)C(C)(C)c1cc(-c3ccc(N(c4ccccc4)c4cccc5c4oc4ccccc45)cc3)ccc1-2. The van der Waals surface area contributed by atoms with Gasteiger partial charge in [0, 0.05) is 44.6 Å². The van der Waals surface area contributed by atoms with E-state index in [1.54, 1.807) is 0 Å². The van der Waals surface area contributed by atoms with E-state index in [2.05, 4.69) is 231 Å². The minimum atomic E-state index is -0.231. The highest BCUT2D eigenvalue weighted by molar-refractivity contribution is 6.19. The van der Waals surface area contributed by atoms with Gasteiger partial charge in [0.2, 0.25) is 0 Å². The summed E-state index contributed by atoms with van der Waals surface area (Å²) in [6, 6.07) is 76.8. The molecule has 3 heteroatoms. The topological polar surface area (TPSA) is 19.6 Å². The van der Waals surface area contributed by atoms with Crippen LogP contribution in [0.4, 0.5) is 34.1 Å². The second-order valence-corrected chi connectivity index (χ2v) is 17.3. The van der Waals surface area contributed by atoms with Crippen LogP contribution < -0.4 is 9.80 Å². The Morgan fingerprint density at radius 1 is 0.397 bits per heavy atom. The van der Waals surface area contributed by atoms with Crippen molar-refractivity contribution in [1.29, 1.82) is 0 Å². The molecule has 12 rings (SSSR count). The van der Waals surface area contributed by atoms with Crippen LogP contribution in [-0.4, -0.2) is 0 Å². The third-order valence-electron chi connectivity index (χ3n) is 13.4. The lowest BCUT2D eigenvalue weighted by molar-refractivity contribution is 0.645. The maximum Gasteiger partial charge on any atom is 0.159 e. The van der Waals surface area contributed by atoms with Gasteiger partial charge in [-0.25, -0.2) is 0 Å². The minimum Gasteiger partial charge on any atom is -0.454 e. The molecule has 63 heavy (non-hydrogen) atoms. The van der Waals surface area contributed by atoms with Crippen LogP contribution >= 0.6 is 0 Å². The zero-order chi connectivity index (χ0) is 42.2. The van der Waals surface area contributed by atoms with Gasteiger partial charge in [0.1, 0.15) is 5.58 Å². The van der Waals surface area contributed by atoms with E-state index in [0.29, 0.717) is 0 Å². The molecule has 3 nitrogen and oxygen atoms in total. The van der Waals surface area contributed by atoms with Gasteiger partial charge in [-0.2, -0.15) is 0 Å². The Morgan fingerprint density at radius 2 is 0.968 bits per heavy atom.